The number of hydrogen-bond donors (Lipinski definition) is 0. The maximum atomic E-state index is 10.7. The van der Waals surface area contributed by atoms with Crippen LogP contribution in [0.3, 0.4) is 0 Å². The number of hydrogen-bond acceptors (Lipinski definition) is 2. The predicted octanol–water partition coefficient (Wildman–Crippen LogP) is 5.15. The molecule has 2 aromatic rings. The maximum Gasteiger partial charge on any atom is 0.157 e. The molecule has 0 saturated heterocycles. The van der Waals surface area contributed by atoms with E-state index in [4.69, 9.17) is 27.9 Å². The lowest BCUT2D eigenvalue weighted by molar-refractivity contribution is 0.112. The second-order valence-electron chi connectivity index (χ2n) is 3.85. The minimum atomic E-state index is 0.324. The van der Waals surface area contributed by atoms with E-state index in [0.717, 1.165) is 10.0 Å². The van der Waals surface area contributed by atoms with Crippen LogP contribution in [0.4, 0.5) is 0 Å². The van der Waals surface area contributed by atoms with Crippen LogP contribution in [0, 0.1) is 0 Å². The van der Waals surface area contributed by atoms with Gasteiger partial charge in [0.25, 0.3) is 0 Å². The summed E-state index contributed by atoms with van der Waals surface area (Å²) in [6.07, 6.45) is 0.690. The zero-order valence-electron chi connectivity index (χ0n) is 9.70. The molecule has 0 saturated carbocycles. The number of carbonyl (C=O) groups is 1. The van der Waals surface area contributed by atoms with Crippen molar-refractivity contribution >= 4 is 45.4 Å². The van der Waals surface area contributed by atoms with Crippen LogP contribution in [0.15, 0.2) is 40.9 Å². The third-order valence-electron chi connectivity index (χ3n) is 2.43. The van der Waals surface area contributed by atoms with Gasteiger partial charge in [-0.3, -0.25) is 4.79 Å². The highest BCUT2D eigenvalue weighted by atomic mass is 79.9. The molecule has 0 heterocycles. The molecule has 5 heteroatoms. The van der Waals surface area contributed by atoms with Crippen LogP contribution in [0.25, 0.3) is 0 Å². The van der Waals surface area contributed by atoms with Gasteiger partial charge in [-0.15, -0.1) is 0 Å². The molecule has 2 aromatic carbocycles. The van der Waals surface area contributed by atoms with Crippen molar-refractivity contribution in [3.63, 3.8) is 0 Å². The van der Waals surface area contributed by atoms with Gasteiger partial charge in [0, 0.05) is 10.0 Å². The molecule has 2 nitrogen and oxygen atoms in total. The lowest BCUT2D eigenvalue weighted by atomic mass is 10.2. The highest BCUT2D eigenvalue weighted by Crippen LogP contribution is 2.34. The van der Waals surface area contributed by atoms with Crippen molar-refractivity contribution in [2.75, 3.05) is 0 Å². The zero-order chi connectivity index (χ0) is 13.8. The Bertz CT molecular complexity index is 591. The molecule has 0 radical (unpaired) electrons. The standard InChI is InChI=1S/C14H9BrCl2O2/c15-11-3-1-2-9(4-11)8-19-14-12(16)5-10(7-18)6-13(14)17/h1-7H,8H2. The lowest BCUT2D eigenvalue weighted by Crippen LogP contribution is -1.97. The van der Waals surface area contributed by atoms with Crippen molar-refractivity contribution in [3.8, 4) is 5.75 Å². The van der Waals surface area contributed by atoms with Gasteiger partial charge < -0.3 is 4.74 Å². The summed E-state index contributed by atoms with van der Waals surface area (Å²) in [5.74, 6) is 0.383. The molecule has 0 aliphatic heterocycles. The fourth-order valence-corrected chi connectivity index (χ4v) is 2.63. The van der Waals surface area contributed by atoms with Crippen LogP contribution in [0.5, 0.6) is 5.75 Å². The van der Waals surface area contributed by atoms with Crippen LogP contribution in [-0.4, -0.2) is 6.29 Å². The van der Waals surface area contributed by atoms with E-state index in [1.165, 1.54) is 12.1 Å². The van der Waals surface area contributed by atoms with Crippen LogP contribution in [0.1, 0.15) is 15.9 Å². The predicted molar refractivity (Wildman–Crippen MR) is 80.3 cm³/mol. The molecule has 98 valence electrons. The van der Waals surface area contributed by atoms with E-state index < -0.39 is 0 Å². The summed E-state index contributed by atoms with van der Waals surface area (Å²) < 4.78 is 6.58. The van der Waals surface area contributed by atoms with E-state index >= 15 is 0 Å². The van der Waals surface area contributed by atoms with Gasteiger partial charge in [-0.2, -0.15) is 0 Å². The lowest BCUT2D eigenvalue weighted by Gasteiger charge is -2.10. The Hall–Kier alpha value is -1.03. The Labute approximate surface area is 129 Å². The Morgan fingerprint density at radius 2 is 1.84 bits per heavy atom. The summed E-state index contributed by atoms with van der Waals surface area (Å²) >= 11 is 15.5. The molecule has 0 spiro atoms. The molecular weight excluding hydrogens is 351 g/mol. The second kappa shape index (κ2) is 6.42. The van der Waals surface area contributed by atoms with E-state index in [1.807, 2.05) is 24.3 Å². The van der Waals surface area contributed by atoms with Crippen LogP contribution in [-0.2, 0) is 6.61 Å². The molecule has 0 bridgehead atoms. The summed E-state index contributed by atoms with van der Waals surface area (Å²) in [5.41, 5.74) is 1.41. The average Bonchev–Trinajstić information content (AvgIpc) is 2.37. The normalized spacial score (nSPS) is 10.3. The van der Waals surface area contributed by atoms with E-state index in [-0.39, 0.29) is 0 Å². The first-order valence-corrected chi connectivity index (χ1v) is 6.96. The quantitative estimate of drug-likeness (QED) is 0.706. The molecule has 0 N–H and O–H groups in total. The van der Waals surface area contributed by atoms with Crippen molar-refractivity contribution in [3.05, 3.63) is 62.0 Å². The topological polar surface area (TPSA) is 26.3 Å². The van der Waals surface area contributed by atoms with Crippen LogP contribution >= 0.6 is 39.1 Å². The number of benzene rings is 2. The number of carbonyl (C=O) groups excluding carboxylic acids is 1. The van der Waals surface area contributed by atoms with Gasteiger partial charge in [0.1, 0.15) is 12.9 Å². The highest BCUT2D eigenvalue weighted by molar-refractivity contribution is 9.10. The Morgan fingerprint density at radius 1 is 1.16 bits per heavy atom. The van der Waals surface area contributed by atoms with Crippen molar-refractivity contribution in [1.82, 2.24) is 0 Å². The zero-order valence-corrected chi connectivity index (χ0v) is 12.8. The second-order valence-corrected chi connectivity index (χ2v) is 5.58. The molecule has 2 rings (SSSR count). The van der Waals surface area contributed by atoms with Crippen molar-refractivity contribution in [2.45, 2.75) is 6.61 Å². The summed E-state index contributed by atoms with van der Waals surface area (Å²) in [4.78, 5) is 10.7. The SMILES string of the molecule is O=Cc1cc(Cl)c(OCc2cccc(Br)c2)c(Cl)c1. The monoisotopic (exact) mass is 358 g/mol. The molecule has 19 heavy (non-hydrogen) atoms. The van der Waals surface area contributed by atoms with E-state index in [2.05, 4.69) is 15.9 Å². The molecule has 0 aromatic heterocycles. The number of halogens is 3. The van der Waals surface area contributed by atoms with Gasteiger partial charge in [-0.1, -0.05) is 51.3 Å². The minimum Gasteiger partial charge on any atom is -0.486 e. The number of aldehydes is 1. The van der Waals surface area contributed by atoms with Gasteiger partial charge in [-0.25, -0.2) is 0 Å². The first kappa shape index (κ1) is 14.4. The van der Waals surface area contributed by atoms with Gasteiger partial charge in [0.15, 0.2) is 5.75 Å². The van der Waals surface area contributed by atoms with Gasteiger partial charge >= 0.3 is 0 Å². The van der Waals surface area contributed by atoms with E-state index in [1.54, 1.807) is 0 Å². The summed E-state index contributed by atoms with van der Waals surface area (Å²) in [6.45, 7) is 0.347. The molecule has 0 amide bonds. The van der Waals surface area contributed by atoms with E-state index in [0.29, 0.717) is 34.3 Å². The van der Waals surface area contributed by atoms with Gasteiger partial charge in [-0.05, 0) is 29.8 Å². The molecule has 0 unspecified atom stereocenters. The van der Waals surface area contributed by atoms with Gasteiger partial charge in [0.05, 0.1) is 10.0 Å². The van der Waals surface area contributed by atoms with Crippen molar-refractivity contribution in [2.24, 2.45) is 0 Å². The fraction of sp³-hybridized carbons (Fsp3) is 0.0714. The van der Waals surface area contributed by atoms with Crippen molar-refractivity contribution in [1.29, 1.82) is 0 Å². The molecule has 0 atom stereocenters. The summed E-state index contributed by atoms with van der Waals surface area (Å²) in [5, 5.41) is 0.647. The number of ether oxygens (including phenoxy) is 1. The third-order valence-corrected chi connectivity index (χ3v) is 3.48. The first-order chi connectivity index (χ1) is 9.10. The fourth-order valence-electron chi connectivity index (χ4n) is 1.57. The Morgan fingerprint density at radius 3 is 2.42 bits per heavy atom. The summed E-state index contributed by atoms with van der Waals surface area (Å²) in [6, 6.07) is 10.8. The maximum absolute atomic E-state index is 10.7. The van der Waals surface area contributed by atoms with Crippen LogP contribution < -0.4 is 4.74 Å². The smallest absolute Gasteiger partial charge is 0.157 e. The first-order valence-electron chi connectivity index (χ1n) is 5.41. The van der Waals surface area contributed by atoms with Crippen molar-refractivity contribution < 1.29 is 9.53 Å². The third kappa shape index (κ3) is 3.72. The van der Waals surface area contributed by atoms with Gasteiger partial charge in [0.2, 0.25) is 0 Å². The Balaban J connectivity index is 2.18. The molecule has 0 fully saturated rings. The average molecular weight is 360 g/mol. The number of rotatable bonds is 4. The molecule has 0 aliphatic rings. The largest absolute Gasteiger partial charge is 0.486 e. The Kier molecular flexibility index (Phi) is 4.86. The van der Waals surface area contributed by atoms with E-state index in [9.17, 15) is 4.79 Å². The molecule has 0 aliphatic carbocycles. The van der Waals surface area contributed by atoms with Crippen LogP contribution in [0.2, 0.25) is 10.0 Å². The summed E-state index contributed by atoms with van der Waals surface area (Å²) in [7, 11) is 0. The highest BCUT2D eigenvalue weighted by Gasteiger charge is 2.10. The minimum absolute atomic E-state index is 0.324. The molecular formula is C14H9BrCl2O2.